The third-order valence-corrected chi connectivity index (χ3v) is 3.31. The zero-order valence-corrected chi connectivity index (χ0v) is 11.9. The zero-order valence-electron chi connectivity index (χ0n) is 10.3. The van der Waals surface area contributed by atoms with Crippen LogP contribution in [0.25, 0.3) is 0 Å². The molecule has 0 saturated heterocycles. The van der Waals surface area contributed by atoms with E-state index >= 15 is 0 Å². The summed E-state index contributed by atoms with van der Waals surface area (Å²) in [7, 11) is 3.75. The van der Waals surface area contributed by atoms with Crippen molar-refractivity contribution in [1.82, 2.24) is 9.47 Å². The number of aromatic nitrogens is 1. The Balaban J connectivity index is 2.81. The summed E-state index contributed by atoms with van der Waals surface area (Å²) in [6.07, 6.45) is 4.02. The van der Waals surface area contributed by atoms with Crippen molar-refractivity contribution in [3.63, 3.8) is 0 Å². The molecule has 1 aromatic rings. The average molecular weight is 287 g/mol. The van der Waals surface area contributed by atoms with E-state index in [1.807, 2.05) is 35.8 Å². The van der Waals surface area contributed by atoms with Crippen LogP contribution in [0.1, 0.15) is 37.2 Å². The topological polar surface area (TPSA) is 25.2 Å². The summed E-state index contributed by atoms with van der Waals surface area (Å²) in [4.78, 5) is 14.0. The first kappa shape index (κ1) is 13.3. The molecule has 1 atom stereocenters. The second kappa shape index (κ2) is 5.53. The standard InChI is InChI=1S/C12H19BrN2O/c1-5-6-9(2)15(4)12(16)11-7-10(13)8-14(11)3/h7-9H,5-6H2,1-4H3. The van der Waals surface area contributed by atoms with Gasteiger partial charge in [-0.05, 0) is 35.3 Å². The van der Waals surface area contributed by atoms with Crippen LogP contribution in [0.15, 0.2) is 16.7 Å². The summed E-state index contributed by atoms with van der Waals surface area (Å²) in [5.41, 5.74) is 0.720. The number of amides is 1. The molecule has 0 aliphatic heterocycles. The highest BCUT2D eigenvalue weighted by Gasteiger charge is 2.19. The fourth-order valence-corrected chi connectivity index (χ4v) is 2.25. The first-order valence-electron chi connectivity index (χ1n) is 5.56. The molecule has 3 nitrogen and oxygen atoms in total. The van der Waals surface area contributed by atoms with Gasteiger partial charge in [0, 0.05) is 30.8 Å². The second-order valence-corrected chi connectivity index (χ2v) is 5.12. The van der Waals surface area contributed by atoms with Crippen LogP contribution in [0.2, 0.25) is 0 Å². The maximum Gasteiger partial charge on any atom is 0.270 e. The highest BCUT2D eigenvalue weighted by atomic mass is 79.9. The van der Waals surface area contributed by atoms with Gasteiger partial charge in [0.15, 0.2) is 0 Å². The molecule has 0 saturated carbocycles. The largest absolute Gasteiger partial charge is 0.345 e. The van der Waals surface area contributed by atoms with Gasteiger partial charge in [-0.3, -0.25) is 4.79 Å². The van der Waals surface area contributed by atoms with E-state index in [2.05, 4.69) is 29.8 Å². The molecule has 0 bridgehead atoms. The van der Waals surface area contributed by atoms with Crippen LogP contribution in [0.5, 0.6) is 0 Å². The van der Waals surface area contributed by atoms with Crippen molar-refractivity contribution in [2.24, 2.45) is 7.05 Å². The van der Waals surface area contributed by atoms with Crippen LogP contribution >= 0.6 is 15.9 Å². The summed E-state index contributed by atoms with van der Waals surface area (Å²) in [5.74, 6) is 0.0779. The Kier molecular flexibility index (Phi) is 4.59. The highest BCUT2D eigenvalue weighted by Crippen LogP contribution is 2.16. The smallest absolute Gasteiger partial charge is 0.270 e. The van der Waals surface area contributed by atoms with E-state index in [9.17, 15) is 4.79 Å². The lowest BCUT2D eigenvalue weighted by Gasteiger charge is -2.24. The zero-order chi connectivity index (χ0) is 12.3. The van der Waals surface area contributed by atoms with Gasteiger partial charge in [0.1, 0.15) is 5.69 Å². The maximum absolute atomic E-state index is 12.2. The Morgan fingerprint density at radius 1 is 1.62 bits per heavy atom. The summed E-state index contributed by atoms with van der Waals surface area (Å²) in [6.45, 7) is 4.22. The van der Waals surface area contributed by atoms with Crippen LogP contribution < -0.4 is 0 Å². The molecule has 0 N–H and O–H groups in total. The van der Waals surface area contributed by atoms with Crippen molar-refractivity contribution in [1.29, 1.82) is 0 Å². The minimum Gasteiger partial charge on any atom is -0.345 e. The van der Waals surface area contributed by atoms with Crippen molar-refractivity contribution in [2.45, 2.75) is 32.7 Å². The van der Waals surface area contributed by atoms with E-state index in [0.29, 0.717) is 0 Å². The molecular weight excluding hydrogens is 268 g/mol. The molecule has 1 aromatic heterocycles. The minimum atomic E-state index is 0.0779. The predicted octanol–water partition coefficient (Wildman–Crippen LogP) is 3.05. The molecule has 1 rings (SSSR count). The van der Waals surface area contributed by atoms with Gasteiger partial charge in [-0.2, -0.15) is 0 Å². The maximum atomic E-state index is 12.2. The van der Waals surface area contributed by atoms with E-state index in [1.54, 1.807) is 0 Å². The van der Waals surface area contributed by atoms with E-state index in [-0.39, 0.29) is 11.9 Å². The van der Waals surface area contributed by atoms with Gasteiger partial charge >= 0.3 is 0 Å². The minimum absolute atomic E-state index is 0.0779. The Labute approximate surface area is 106 Å². The Bertz CT molecular complexity index is 373. The predicted molar refractivity (Wildman–Crippen MR) is 69.6 cm³/mol. The van der Waals surface area contributed by atoms with E-state index in [0.717, 1.165) is 23.0 Å². The summed E-state index contributed by atoms with van der Waals surface area (Å²) >= 11 is 3.38. The van der Waals surface area contributed by atoms with Crippen LogP contribution in [0.4, 0.5) is 0 Å². The fraction of sp³-hybridized carbons (Fsp3) is 0.583. The monoisotopic (exact) mass is 286 g/mol. The summed E-state index contributed by atoms with van der Waals surface area (Å²) in [5, 5.41) is 0. The van der Waals surface area contributed by atoms with Crippen molar-refractivity contribution in [3.8, 4) is 0 Å². The van der Waals surface area contributed by atoms with Gasteiger partial charge < -0.3 is 9.47 Å². The molecule has 0 aliphatic rings. The van der Waals surface area contributed by atoms with Crippen molar-refractivity contribution < 1.29 is 4.79 Å². The summed E-state index contributed by atoms with van der Waals surface area (Å²) < 4.78 is 2.79. The van der Waals surface area contributed by atoms with E-state index in [4.69, 9.17) is 0 Å². The molecular formula is C12H19BrN2O. The second-order valence-electron chi connectivity index (χ2n) is 4.21. The number of aryl methyl sites for hydroxylation is 1. The van der Waals surface area contributed by atoms with E-state index < -0.39 is 0 Å². The molecule has 0 aliphatic carbocycles. The number of rotatable bonds is 4. The Morgan fingerprint density at radius 3 is 2.69 bits per heavy atom. The lowest BCUT2D eigenvalue weighted by Crippen LogP contribution is -2.35. The van der Waals surface area contributed by atoms with Gasteiger partial charge in [0.05, 0.1) is 0 Å². The molecule has 0 radical (unpaired) electrons. The van der Waals surface area contributed by atoms with Gasteiger partial charge in [0.2, 0.25) is 0 Å². The quantitative estimate of drug-likeness (QED) is 0.835. The van der Waals surface area contributed by atoms with Crippen molar-refractivity contribution in [2.75, 3.05) is 7.05 Å². The molecule has 1 heterocycles. The first-order valence-corrected chi connectivity index (χ1v) is 6.35. The van der Waals surface area contributed by atoms with Crippen molar-refractivity contribution in [3.05, 3.63) is 22.4 Å². The van der Waals surface area contributed by atoms with E-state index in [1.165, 1.54) is 0 Å². The van der Waals surface area contributed by atoms with Gasteiger partial charge in [0.25, 0.3) is 5.91 Å². The van der Waals surface area contributed by atoms with Crippen LogP contribution in [-0.2, 0) is 7.05 Å². The molecule has 1 amide bonds. The molecule has 0 aromatic carbocycles. The molecule has 0 fully saturated rings. The number of halogens is 1. The first-order chi connectivity index (χ1) is 7.47. The normalized spacial score (nSPS) is 12.6. The Morgan fingerprint density at radius 2 is 2.25 bits per heavy atom. The fourth-order valence-electron chi connectivity index (χ4n) is 1.73. The Hall–Kier alpha value is -0.770. The lowest BCUT2D eigenvalue weighted by atomic mass is 10.1. The number of carbonyl (C=O) groups is 1. The number of hydrogen-bond donors (Lipinski definition) is 0. The average Bonchev–Trinajstić information content (AvgIpc) is 2.56. The van der Waals surface area contributed by atoms with Gasteiger partial charge in [-0.15, -0.1) is 0 Å². The molecule has 4 heteroatoms. The third-order valence-electron chi connectivity index (χ3n) is 2.88. The lowest BCUT2D eigenvalue weighted by molar-refractivity contribution is 0.0727. The number of hydrogen-bond acceptors (Lipinski definition) is 1. The summed E-state index contributed by atoms with van der Waals surface area (Å²) in [6, 6.07) is 2.14. The molecule has 1 unspecified atom stereocenters. The van der Waals surface area contributed by atoms with Gasteiger partial charge in [-0.1, -0.05) is 13.3 Å². The van der Waals surface area contributed by atoms with Crippen LogP contribution in [-0.4, -0.2) is 28.5 Å². The number of nitrogens with zero attached hydrogens (tertiary/aromatic N) is 2. The molecule has 90 valence electrons. The third kappa shape index (κ3) is 2.88. The SMILES string of the molecule is CCCC(C)N(C)C(=O)c1cc(Br)cn1C. The van der Waals surface area contributed by atoms with Gasteiger partial charge in [-0.25, -0.2) is 0 Å². The molecule has 0 spiro atoms. The van der Waals surface area contributed by atoms with Crippen LogP contribution in [0, 0.1) is 0 Å². The van der Waals surface area contributed by atoms with Crippen LogP contribution in [0.3, 0.4) is 0 Å². The number of carbonyl (C=O) groups excluding carboxylic acids is 1. The van der Waals surface area contributed by atoms with Crippen molar-refractivity contribution >= 4 is 21.8 Å². The molecule has 16 heavy (non-hydrogen) atoms. The highest BCUT2D eigenvalue weighted by molar-refractivity contribution is 9.10.